The van der Waals surface area contributed by atoms with Crippen molar-refractivity contribution in [3.63, 3.8) is 0 Å². The molecule has 0 saturated carbocycles. The summed E-state index contributed by atoms with van der Waals surface area (Å²) < 4.78 is 18.5. The fourth-order valence-electron chi connectivity index (χ4n) is 3.23. The monoisotopic (exact) mass is 421 g/mol. The first-order valence-corrected chi connectivity index (χ1v) is 9.81. The molecule has 0 aliphatic carbocycles. The van der Waals surface area contributed by atoms with Crippen molar-refractivity contribution in [2.75, 3.05) is 32.2 Å². The van der Waals surface area contributed by atoms with E-state index in [4.69, 9.17) is 22.5 Å². The highest BCUT2D eigenvalue weighted by atomic mass is 35.5. The lowest BCUT2D eigenvalue weighted by atomic mass is 9.97. The number of methoxy groups -OCH3 is 1. The van der Waals surface area contributed by atoms with Crippen molar-refractivity contribution in [3.8, 4) is 5.75 Å². The summed E-state index contributed by atoms with van der Waals surface area (Å²) in [6.07, 6.45) is 2.69. The zero-order valence-electron chi connectivity index (χ0n) is 17.4. The molecule has 3 rings (SSSR count). The van der Waals surface area contributed by atoms with E-state index < -0.39 is 11.5 Å². The van der Waals surface area contributed by atoms with Gasteiger partial charge in [-0.25, -0.2) is 14.8 Å². The van der Waals surface area contributed by atoms with Gasteiger partial charge in [-0.3, -0.25) is 0 Å². The van der Waals surface area contributed by atoms with E-state index in [0.29, 0.717) is 36.1 Å². The number of halogens is 1. The molecular formula is C20H25ClN4O4. The Balaban J connectivity index is 1.93. The number of benzene rings is 1. The molecule has 1 aliphatic heterocycles. The standard InChI is InChI=1S/C20H25ClN4O4/c1-3-29-18(27)14-11-23-19(20(12-26)7-4-8-24-20)25-17(14)22-10-13-5-6-16(28-2)15(21)9-13/h5-6,9,11,24,26H,3-4,7-8,10,12H2,1-2H3,(H,22,23,25)/t20-/m1/s1/i/hD. The van der Waals surface area contributed by atoms with Gasteiger partial charge in [-0.2, -0.15) is 0 Å². The average molecular weight is 422 g/mol. The summed E-state index contributed by atoms with van der Waals surface area (Å²) in [5.74, 6) is 0.587. The summed E-state index contributed by atoms with van der Waals surface area (Å²) in [6.45, 7) is 2.49. The van der Waals surface area contributed by atoms with Gasteiger partial charge in [0.2, 0.25) is 0 Å². The average Bonchev–Trinajstić information content (AvgIpc) is 3.13. The second kappa shape index (κ2) is 9.39. The van der Waals surface area contributed by atoms with Gasteiger partial charge in [0.25, 0.3) is 0 Å². The van der Waals surface area contributed by atoms with Crippen LogP contribution in [0.25, 0.3) is 0 Å². The van der Waals surface area contributed by atoms with Crippen LogP contribution in [0.4, 0.5) is 5.82 Å². The molecule has 156 valence electrons. The zero-order valence-corrected chi connectivity index (χ0v) is 17.2. The van der Waals surface area contributed by atoms with Gasteiger partial charge < -0.3 is 25.2 Å². The van der Waals surface area contributed by atoms with Gasteiger partial charge in [-0.05, 0) is 44.0 Å². The molecule has 1 aliphatic rings. The third-order valence-corrected chi connectivity index (χ3v) is 5.10. The molecule has 0 radical (unpaired) electrons. The first-order chi connectivity index (χ1) is 14.4. The number of ether oxygens (including phenoxy) is 2. The highest BCUT2D eigenvalue weighted by Crippen LogP contribution is 2.30. The Morgan fingerprint density at radius 1 is 1.52 bits per heavy atom. The molecule has 1 aromatic heterocycles. The van der Waals surface area contributed by atoms with Crippen molar-refractivity contribution in [3.05, 3.63) is 46.4 Å². The molecule has 3 N–H and O–H groups in total. The minimum absolute atomic E-state index is 0.183. The summed E-state index contributed by atoms with van der Waals surface area (Å²) in [6, 6.07) is 5.37. The first kappa shape index (κ1) is 19.9. The molecular weight excluding hydrogens is 396 g/mol. The fraction of sp³-hybridized carbons (Fsp3) is 0.450. The molecule has 1 aromatic carbocycles. The fourth-order valence-corrected chi connectivity index (χ4v) is 3.51. The number of esters is 1. The van der Waals surface area contributed by atoms with E-state index >= 15 is 0 Å². The number of nitrogens with one attached hydrogen (secondary N) is 2. The summed E-state index contributed by atoms with van der Waals surface area (Å²) in [7, 11) is 1.54. The van der Waals surface area contributed by atoms with Gasteiger partial charge in [0, 0.05) is 12.7 Å². The van der Waals surface area contributed by atoms with E-state index in [0.717, 1.165) is 12.0 Å². The summed E-state index contributed by atoms with van der Waals surface area (Å²) >= 11 is 6.19. The number of nitrogens with zero attached hydrogens (tertiary/aromatic N) is 2. The molecule has 9 heteroatoms. The first-order valence-electron chi connectivity index (χ1n) is 9.88. The third-order valence-electron chi connectivity index (χ3n) is 4.80. The Hall–Kier alpha value is -2.42. The molecule has 1 fully saturated rings. The predicted octanol–water partition coefficient (Wildman–Crippen LogP) is 2.50. The van der Waals surface area contributed by atoms with E-state index in [1.807, 2.05) is 6.07 Å². The number of carbonyl (C=O) groups is 1. The number of rotatable bonds is 8. The van der Waals surface area contributed by atoms with E-state index in [-0.39, 0.29) is 24.6 Å². The Bertz CT molecular complexity index is 916. The lowest BCUT2D eigenvalue weighted by Gasteiger charge is -2.26. The Kier molecular flexibility index (Phi) is 6.43. The van der Waals surface area contributed by atoms with Crippen molar-refractivity contribution in [1.29, 1.82) is 0 Å². The predicted molar refractivity (Wildman–Crippen MR) is 109 cm³/mol. The van der Waals surface area contributed by atoms with Crippen LogP contribution in [0.1, 0.15) is 41.5 Å². The Morgan fingerprint density at radius 3 is 2.97 bits per heavy atom. The molecule has 2 aromatic rings. The van der Waals surface area contributed by atoms with Crippen LogP contribution in [0.5, 0.6) is 5.75 Å². The highest BCUT2D eigenvalue weighted by Gasteiger charge is 2.38. The van der Waals surface area contributed by atoms with Gasteiger partial charge in [0.15, 0.2) is 5.82 Å². The normalized spacial score (nSPS) is 19.7. The van der Waals surface area contributed by atoms with Gasteiger partial charge >= 0.3 is 5.97 Å². The maximum atomic E-state index is 12.4. The molecule has 1 saturated heterocycles. The smallest absolute Gasteiger partial charge is 0.343 e. The van der Waals surface area contributed by atoms with E-state index in [2.05, 4.69) is 15.3 Å². The lowest BCUT2D eigenvalue weighted by molar-refractivity contribution is 0.0526. The van der Waals surface area contributed by atoms with Gasteiger partial charge in [0.05, 0.1) is 25.3 Å². The molecule has 29 heavy (non-hydrogen) atoms. The number of hydrogen-bond acceptors (Lipinski definition) is 8. The van der Waals surface area contributed by atoms with Crippen molar-refractivity contribution in [2.45, 2.75) is 31.8 Å². The number of aliphatic hydroxyl groups is 1. The molecule has 8 nitrogen and oxygen atoms in total. The topological polar surface area (TPSA) is 106 Å². The quantitative estimate of drug-likeness (QED) is 0.558. The summed E-state index contributed by atoms with van der Waals surface area (Å²) in [5, 5.41) is 14.9. The number of hydrogen-bond donors (Lipinski definition) is 3. The number of aromatic nitrogens is 2. The van der Waals surface area contributed by atoms with Crippen LogP contribution in [-0.4, -0.2) is 47.9 Å². The maximum absolute atomic E-state index is 12.4. The summed E-state index contributed by atoms with van der Waals surface area (Å²) in [4.78, 5) is 21.2. The van der Waals surface area contributed by atoms with Crippen molar-refractivity contribution >= 4 is 23.4 Å². The van der Waals surface area contributed by atoms with Crippen molar-refractivity contribution < 1.29 is 20.8 Å². The highest BCUT2D eigenvalue weighted by molar-refractivity contribution is 6.32. The SMILES string of the molecule is [2H]N1CCC[C@@]1(CO)c1ncc(C(=O)OCC)c(NCc2ccc(OC)c(Cl)c2)n1. The van der Waals surface area contributed by atoms with Crippen LogP contribution >= 0.6 is 11.6 Å². The second-order valence-corrected chi connectivity index (χ2v) is 7.08. The van der Waals surface area contributed by atoms with Gasteiger partial charge in [-0.15, -0.1) is 0 Å². The van der Waals surface area contributed by atoms with E-state index in [1.165, 1.54) is 11.5 Å². The second-order valence-electron chi connectivity index (χ2n) is 6.67. The van der Waals surface area contributed by atoms with Crippen LogP contribution in [0.2, 0.25) is 6.43 Å². The van der Waals surface area contributed by atoms with Crippen LogP contribution in [-0.2, 0) is 16.8 Å². The van der Waals surface area contributed by atoms with Crippen LogP contribution < -0.4 is 15.4 Å². The Labute approximate surface area is 176 Å². The zero-order chi connectivity index (χ0) is 21.7. The number of aliphatic hydroxyl groups excluding tert-OH is 1. The molecule has 2 heterocycles. The van der Waals surface area contributed by atoms with Crippen LogP contribution in [0.15, 0.2) is 24.4 Å². The van der Waals surface area contributed by atoms with Crippen molar-refractivity contribution in [2.24, 2.45) is 0 Å². The number of anilines is 1. The van der Waals surface area contributed by atoms with Crippen LogP contribution in [0, 0.1) is 0 Å². The summed E-state index contributed by atoms with van der Waals surface area (Å²) in [5.41, 5.74) is 0.0472. The lowest BCUT2D eigenvalue weighted by Crippen LogP contribution is -2.42. The van der Waals surface area contributed by atoms with Gasteiger partial charge in [-0.1, -0.05) is 17.7 Å². The van der Waals surface area contributed by atoms with E-state index in [9.17, 15) is 9.90 Å². The minimum atomic E-state index is -0.993. The number of carbonyl (C=O) groups excluding carboxylic acids is 1. The third kappa shape index (κ3) is 4.60. The van der Waals surface area contributed by atoms with E-state index in [1.54, 1.807) is 26.2 Å². The van der Waals surface area contributed by atoms with Crippen molar-refractivity contribution in [1.82, 2.24) is 15.3 Å². The van der Waals surface area contributed by atoms with Crippen LogP contribution in [0.3, 0.4) is 0 Å². The maximum Gasteiger partial charge on any atom is 0.343 e. The van der Waals surface area contributed by atoms with Gasteiger partial charge in [0.1, 0.15) is 24.1 Å². The molecule has 1 atom stereocenters. The molecule has 0 bridgehead atoms. The largest absolute Gasteiger partial charge is 0.495 e. The molecule has 0 unspecified atom stereocenters. The molecule has 0 amide bonds. The molecule has 0 spiro atoms. The Morgan fingerprint density at radius 2 is 2.34 bits per heavy atom. The minimum Gasteiger partial charge on any atom is -0.495 e.